The Morgan fingerprint density at radius 2 is 2.26 bits per heavy atom. The largest absolute Gasteiger partial charge is 0.373 e. The van der Waals surface area contributed by atoms with Crippen LogP contribution in [0.2, 0.25) is 0 Å². The normalized spacial score (nSPS) is 24.9. The van der Waals surface area contributed by atoms with Crippen LogP contribution in [0.4, 0.5) is 0 Å². The first kappa shape index (κ1) is 12.6. The molecule has 1 N–H and O–H groups in total. The van der Waals surface area contributed by atoms with E-state index < -0.39 is 0 Å². The Kier molecular flexibility index (Phi) is 3.29. The Labute approximate surface area is 113 Å². The summed E-state index contributed by atoms with van der Waals surface area (Å²) in [5.41, 5.74) is 2.15. The molecule has 1 fully saturated rings. The second-order valence-electron chi connectivity index (χ2n) is 5.56. The number of H-pyrrole nitrogens is 1. The van der Waals surface area contributed by atoms with E-state index in [0.717, 1.165) is 49.5 Å². The third-order valence-corrected chi connectivity index (χ3v) is 3.98. The molecule has 0 radical (unpaired) electrons. The molecule has 1 unspecified atom stereocenters. The average Bonchev–Trinajstić information content (AvgIpc) is 2.81. The second kappa shape index (κ2) is 4.94. The third kappa shape index (κ3) is 2.65. The van der Waals surface area contributed by atoms with Gasteiger partial charge in [0.2, 0.25) is 0 Å². The molecule has 102 valence electrons. The number of hydrogen-bond donors (Lipinski definition) is 1. The lowest BCUT2D eigenvalue weighted by Crippen LogP contribution is -2.49. The fourth-order valence-electron chi connectivity index (χ4n) is 2.66. The summed E-state index contributed by atoms with van der Waals surface area (Å²) < 4.78 is 5.87. The van der Waals surface area contributed by atoms with Crippen LogP contribution < -0.4 is 0 Å². The number of para-hydroxylation sites is 2. The molecule has 2 heterocycles. The molecular weight excluding hydrogens is 238 g/mol. The molecule has 2 aromatic rings. The molecular formula is C15H21N3O. The van der Waals surface area contributed by atoms with Gasteiger partial charge >= 0.3 is 0 Å². The van der Waals surface area contributed by atoms with Gasteiger partial charge in [0, 0.05) is 13.1 Å². The van der Waals surface area contributed by atoms with Gasteiger partial charge in [-0.2, -0.15) is 0 Å². The van der Waals surface area contributed by atoms with Crippen LogP contribution in [0.5, 0.6) is 0 Å². The van der Waals surface area contributed by atoms with Crippen molar-refractivity contribution in [3.8, 4) is 0 Å². The van der Waals surface area contributed by atoms with Gasteiger partial charge in [-0.25, -0.2) is 4.98 Å². The van der Waals surface area contributed by atoms with Crippen LogP contribution in [-0.4, -0.2) is 40.2 Å². The first-order valence-electron chi connectivity index (χ1n) is 6.98. The summed E-state index contributed by atoms with van der Waals surface area (Å²) in [5.74, 6) is 1.04. The highest BCUT2D eigenvalue weighted by molar-refractivity contribution is 5.74. The number of morpholine rings is 1. The Hall–Kier alpha value is -1.39. The van der Waals surface area contributed by atoms with Crippen molar-refractivity contribution in [2.45, 2.75) is 32.4 Å². The lowest BCUT2D eigenvalue weighted by molar-refractivity contribution is -0.102. The monoisotopic (exact) mass is 259 g/mol. The predicted octanol–water partition coefficient (Wildman–Crippen LogP) is 2.56. The number of benzene rings is 1. The van der Waals surface area contributed by atoms with Gasteiger partial charge in [-0.3, -0.25) is 4.90 Å². The summed E-state index contributed by atoms with van der Waals surface area (Å²) in [5, 5.41) is 0. The minimum Gasteiger partial charge on any atom is -0.373 e. The molecule has 1 aromatic carbocycles. The van der Waals surface area contributed by atoms with Gasteiger partial charge in [0.1, 0.15) is 5.82 Å². The van der Waals surface area contributed by atoms with Crippen LogP contribution in [-0.2, 0) is 11.3 Å². The molecule has 4 heteroatoms. The smallest absolute Gasteiger partial charge is 0.121 e. The minimum atomic E-state index is -0.00966. The molecule has 0 bridgehead atoms. The molecule has 0 saturated carbocycles. The van der Waals surface area contributed by atoms with Gasteiger partial charge in [-0.05, 0) is 25.5 Å². The van der Waals surface area contributed by atoms with E-state index in [0.29, 0.717) is 0 Å². The number of nitrogens with zero attached hydrogens (tertiary/aromatic N) is 2. The summed E-state index contributed by atoms with van der Waals surface area (Å²) >= 11 is 0. The Morgan fingerprint density at radius 3 is 3.05 bits per heavy atom. The number of ether oxygens (including phenoxy) is 1. The van der Waals surface area contributed by atoms with Gasteiger partial charge in [0.05, 0.1) is 29.8 Å². The topological polar surface area (TPSA) is 41.2 Å². The molecule has 1 saturated heterocycles. The van der Waals surface area contributed by atoms with Crippen molar-refractivity contribution in [3.05, 3.63) is 30.1 Å². The van der Waals surface area contributed by atoms with Gasteiger partial charge in [0.15, 0.2) is 0 Å². The van der Waals surface area contributed by atoms with Gasteiger partial charge in [0.25, 0.3) is 0 Å². The molecule has 0 aliphatic carbocycles. The van der Waals surface area contributed by atoms with E-state index >= 15 is 0 Å². The standard InChI is InChI=1S/C15H21N3O/c1-3-15(2)11-18(8-9-19-15)10-14-16-12-6-4-5-7-13(12)17-14/h4-7H,3,8-11H2,1-2H3,(H,16,17). The summed E-state index contributed by atoms with van der Waals surface area (Å²) in [6.07, 6.45) is 1.05. The fraction of sp³-hybridized carbons (Fsp3) is 0.533. The number of rotatable bonds is 3. The van der Waals surface area contributed by atoms with E-state index in [1.54, 1.807) is 0 Å². The molecule has 1 aliphatic heterocycles. The van der Waals surface area contributed by atoms with Gasteiger partial charge < -0.3 is 9.72 Å². The Bertz CT molecular complexity index is 532. The molecule has 1 aliphatic rings. The zero-order chi connectivity index (χ0) is 13.3. The molecule has 0 spiro atoms. The number of hydrogen-bond acceptors (Lipinski definition) is 3. The summed E-state index contributed by atoms with van der Waals surface area (Å²) in [4.78, 5) is 10.5. The first-order chi connectivity index (χ1) is 9.18. The summed E-state index contributed by atoms with van der Waals surface area (Å²) in [7, 11) is 0. The summed E-state index contributed by atoms with van der Waals surface area (Å²) in [6.45, 7) is 8.01. The highest BCUT2D eigenvalue weighted by Crippen LogP contribution is 2.22. The van der Waals surface area contributed by atoms with Crippen molar-refractivity contribution in [1.29, 1.82) is 0 Å². The van der Waals surface area contributed by atoms with Crippen molar-refractivity contribution in [2.24, 2.45) is 0 Å². The minimum absolute atomic E-state index is 0.00966. The molecule has 19 heavy (non-hydrogen) atoms. The highest BCUT2D eigenvalue weighted by atomic mass is 16.5. The SMILES string of the molecule is CCC1(C)CN(Cc2nc3ccccc3[nH]2)CCO1. The zero-order valence-corrected chi connectivity index (χ0v) is 11.6. The number of fused-ring (bicyclic) bond motifs is 1. The van der Waals surface area contributed by atoms with Gasteiger partial charge in [-0.1, -0.05) is 19.1 Å². The van der Waals surface area contributed by atoms with Crippen molar-refractivity contribution in [1.82, 2.24) is 14.9 Å². The second-order valence-corrected chi connectivity index (χ2v) is 5.56. The first-order valence-corrected chi connectivity index (χ1v) is 6.98. The predicted molar refractivity (Wildman–Crippen MR) is 76.0 cm³/mol. The third-order valence-electron chi connectivity index (χ3n) is 3.98. The van der Waals surface area contributed by atoms with E-state index in [2.05, 4.69) is 34.8 Å². The number of nitrogens with one attached hydrogen (secondary N) is 1. The van der Waals surface area contributed by atoms with Crippen molar-refractivity contribution >= 4 is 11.0 Å². The van der Waals surface area contributed by atoms with Crippen LogP contribution in [0.1, 0.15) is 26.1 Å². The highest BCUT2D eigenvalue weighted by Gasteiger charge is 2.30. The number of aromatic amines is 1. The lowest BCUT2D eigenvalue weighted by Gasteiger charge is -2.39. The van der Waals surface area contributed by atoms with E-state index in [4.69, 9.17) is 4.74 Å². The summed E-state index contributed by atoms with van der Waals surface area (Å²) in [6, 6.07) is 8.18. The van der Waals surface area contributed by atoms with E-state index in [1.807, 2.05) is 18.2 Å². The lowest BCUT2D eigenvalue weighted by atomic mass is 10.0. The molecule has 4 nitrogen and oxygen atoms in total. The van der Waals surface area contributed by atoms with Crippen LogP contribution in [0.3, 0.4) is 0 Å². The number of aromatic nitrogens is 2. The van der Waals surface area contributed by atoms with E-state index in [-0.39, 0.29) is 5.60 Å². The van der Waals surface area contributed by atoms with Crippen molar-refractivity contribution < 1.29 is 4.74 Å². The maximum Gasteiger partial charge on any atom is 0.121 e. The van der Waals surface area contributed by atoms with Gasteiger partial charge in [-0.15, -0.1) is 0 Å². The maximum atomic E-state index is 5.87. The molecule has 1 atom stereocenters. The van der Waals surface area contributed by atoms with Crippen LogP contribution in [0.25, 0.3) is 11.0 Å². The quantitative estimate of drug-likeness (QED) is 0.921. The van der Waals surface area contributed by atoms with Crippen LogP contribution >= 0.6 is 0 Å². The number of imidazole rings is 1. The van der Waals surface area contributed by atoms with Crippen molar-refractivity contribution in [3.63, 3.8) is 0 Å². The average molecular weight is 259 g/mol. The van der Waals surface area contributed by atoms with Crippen molar-refractivity contribution in [2.75, 3.05) is 19.7 Å². The Balaban J connectivity index is 1.74. The Morgan fingerprint density at radius 1 is 1.42 bits per heavy atom. The maximum absolute atomic E-state index is 5.87. The van der Waals surface area contributed by atoms with E-state index in [9.17, 15) is 0 Å². The van der Waals surface area contributed by atoms with E-state index in [1.165, 1.54) is 0 Å². The fourth-order valence-corrected chi connectivity index (χ4v) is 2.66. The van der Waals surface area contributed by atoms with Crippen LogP contribution in [0, 0.1) is 0 Å². The molecule has 3 rings (SSSR count). The zero-order valence-electron chi connectivity index (χ0n) is 11.6. The molecule has 1 aromatic heterocycles. The molecule has 0 amide bonds. The van der Waals surface area contributed by atoms with Crippen LogP contribution in [0.15, 0.2) is 24.3 Å².